The molecule has 1 fully saturated rings. The molecule has 0 spiro atoms. The number of imide groups is 2. The molecule has 1 aliphatic rings. The molecule has 1 heterocycles. The van der Waals surface area contributed by atoms with Gasteiger partial charge in [0.1, 0.15) is 23.7 Å². The van der Waals surface area contributed by atoms with Gasteiger partial charge in [0.15, 0.2) is 18.1 Å². The predicted molar refractivity (Wildman–Crippen MR) is 172 cm³/mol. The molecule has 5 rings (SSSR count). The standard InChI is InChI=1S/C34H27BrFN3O7/c1-2-44-29-18-22(17-26(35)31(29)46-20-30(40)37-28-11-7-6-10-27(28)36)16-25-32(41)38-34(43)39(33(25)42)23-12-14-24(15-13-23)45-19-21-8-4-3-5-9-21/h3-18H,2,19-20H2,1H3,(H,37,40)(H,38,41,43)/b25-16-. The van der Waals surface area contributed by atoms with Gasteiger partial charge in [0.25, 0.3) is 17.7 Å². The number of barbiturate groups is 1. The van der Waals surface area contributed by atoms with Gasteiger partial charge in [-0.25, -0.2) is 14.1 Å². The first-order chi connectivity index (χ1) is 22.2. The van der Waals surface area contributed by atoms with Gasteiger partial charge in [-0.3, -0.25) is 19.7 Å². The van der Waals surface area contributed by atoms with Crippen molar-refractivity contribution in [1.82, 2.24) is 5.32 Å². The molecule has 4 aromatic carbocycles. The van der Waals surface area contributed by atoms with Crippen LogP contribution in [0.25, 0.3) is 6.08 Å². The normalized spacial score (nSPS) is 13.8. The number of amides is 5. The molecule has 10 nitrogen and oxygen atoms in total. The maximum atomic E-state index is 13.9. The van der Waals surface area contributed by atoms with Crippen molar-refractivity contribution in [2.75, 3.05) is 23.4 Å². The van der Waals surface area contributed by atoms with Crippen LogP contribution >= 0.6 is 15.9 Å². The third-order valence-electron chi connectivity index (χ3n) is 6.58. The smallest absolute Gasteiger partial charge is 0.335 e. The van der Waals surface area contributed by atoms with E-state index in [1.165, 1.54) is 30.3 Å². The molecule has 0 aliphatic carbocycles. The molecular weight excluding hydrogens is 661 g/mol. The molecule has 2 N–H and O–H groups in total. The lowest BCUT2D eigenvalue weighted by molar-refractivity contribution is -0.122. The van der Waals surface area contributed by atoms with Gasteiger partial charge in [-0.15, -0.1) is 0 Å². The maximum absolute atomic E-state index is 13.9. The minimum absolute atomic E-state index is 0.0115. The maximum Gasteiger partial charge on any atom is 0.335 e. The van der Waals surface area contributed by atoms with E-state index in [0.29, 0.717) is 22.4 Å². The van der Waals surface area contributed by atoms with Crippen LogP contribution in [0.4, 0.5) is 20.6 Å². The average Bonchev–Trinajstić information content (AvgIpc) is 3.04. The fourth-order valence-electron chi connectivity index (χ4n) is 4.45. The Morgan fingerprint density at radius 2 is 1.65 bits per heavy atom. The average molecular weight is 689 g/mol. The van der Waals surface area contributed by atoms with Crippen molar-refractivity contribution in [1.29, 1.82) is 0 Å². The Balaban J connectivity index is 1.32. The molecule has 0 radical (unpaired) electrons. The SMILES string of the molecule is CCOc1cc(/C=C2/C(=O)NC(=O)N(c3ccc(OCc4ccccc4)cc3)C2=O)cc(Br)c1OCC(=O)Nc1ccccc1F. The van der Waals surface area contributed by atoms with Crippen LogP contribution in [0.1, 0.15) is 18.1 Å². The first-order valence-corrected chi connectivity index (χ1v) is 14.8. The summed E-state index contributed by atoms with van der Waals surface area (Å²) in [6.45, 7) is 1.86. The van der Waals surface area contributed by atoms with Gasteiger partial charge in [-0.2, -0.15) is 0 Å². The van der Waals surface area contributed by atoms with E-state index in [4.69, 9.17) is 14.2 Å². The van der Waals surface area contributed by atoms with Crippen molar-refractivity contribution in [3.8, 4) is 17.2 Å². The number of nitrogens with one attached hydrogen (secondary N) is 2. The Morgan fingerprint density at radius 3 is 2.37 bits per heavy atom. The van der Waals surface area contributed by atoms with Crippen LogP contribution in [-0.2, 0) is 21.0 Å². The lowest BCUT2D eigenvalue weighted by atomic mass is 10.1. The zero-order valence-corrected chi connectivity index (χ0v) is 26.0. The van der Waals surface area contributed by atoms with E-state index in [9.17, 15) is 23.6 Å². The number of nitrogens with zero attached hydrogens (tertiary/aromatic N) is 1. The summed E-state index contributed by atoms with van der Waals surface area (Å²) in [7, 11) is 0. The number of carbonyl (C=O) groups excluding carboxylic acids is 4. The third-order valence-corrected chi connectivity index (χ3v) is 7.17. The molecule has 234 valence electrons. The molecule has 4 aromatic rings. The first-order valence-electron chi connectivity index (χ1n) is 14.0. The molecule has 1 saturated heterocycles. The minimum Gasteiger partial charge on any atom is -0.490 e. The molecule has 0 aromatic heterocycles. The van der Waals surface area contributed by atoms with E-state index in [0.717, 1.165) is 10.5 Å². The number of urea groups is 1. The number of rotatable bonds is 11. The zero-order valence-electron chi connectivity index (χ0n) is 24.4. The third kappa shape index (κ3) is 7.59. The summed E-state index contributed by atoms with van der Waals surface area (Å²) < 4.78 is 31.4. The van der Waals surface area contributed by atoms with Crippen molar-refractivity contribution in [2.45, 2.75) is 13.5 Å². The van der Waals surface area contributed by atoms with Crippen molar-refractivity contribution in [3.05, 3.63) is 118 Å². The van der Waals surface area contributed by atoms with Gasteiger partial charge in [0.05, 0.1) is 22.5 Å². The fraction of sp³-hybridized carbons (Fsp3) is 0.118. The van der Waals surface area contributed by atoms with Crippen LogP contribution in [-0.4, -0.2) is 37.0 Å². The van der Waals surface area contributed by atoms with Crippen LogP contribution in [0.3, 0.4) is 0 Å². The number of anilines is 2. The van der Waals surface area contributed by atoms with E-state index in [1.807, 2.05) is 30.3 Å². The summed E-state index contributed by atoms with van der Waals surface area (Å²) in [5.74, 6) is -1.96. The number of hydrogen-bond acceptors (Lipinski definition) is 7. The summed E-state index contributed by atoms with van der Waals surface area (Å²) >= 11 is 3.40. The fourth-order valence-corrected chi connectivity index (χ4v) is 5.03. The van der Waals surface area contributed by atoms with Crippen molar-refractivity contribution < 1.29 is 37.8 Å². The van der Waals surface area contributed by atoms with E-state index >= 15 is 0 Å². The van der Waals surface area contributed by atoms with E-state index in [2.05, 4.69) is 26.6 Å². The Labute approximate surface area is 271 Å². The molecular formula is C34H27BrFN3O7. The van der Waals surface area contributed by atoms with Gasteiger partial charge >= 0.3 is 6.03 Å². The lowest BCUT2D eigenvalue weighted by Crippen LogP contribution is -2.54. The summed E-state index contributed by atoms with van der Waals surface area (Å²) in [6, 6.07) is 23.8. The van der Waals surface area contributed by atoms with E-state index in [1.54, 1.807) is 43.3 Å². The molecule has 0 unspecified atom stereocenters. The van der Waals surface area contributed by atoms with Crippen LogP contribution in [0.2, 0.25) is 0 Å². The largest absolute Gasteiger partial charge is 0.490 e. The zero-order chi connectivity index (χ0) is 32.6. The van der Waals surface area contributed by atoms with Crippen molar-refractivity contribution in [3.63, 3.8) is 0 Å². The molecule has 5 amide bonds. The molecule has 1 aliphatic heterocycles. The molecule has 0 bridgehead atoms. The Kier molecular flexibility index (Phi) is 10.1. The van der Waals surface area contributed by atoms with Gasteiger partial charge in [0, 0.05) is 0 Å². The Morgan fingerprint density at radius 1 is 0.935 bits per heavy atom. The highest BCUT2D eigenvalue weighted by Crippen LogP contribution is 2.38. The van der Waals surface area contributed by atoms with Gasteiger partial charge in [-0.05, 0) is 88.6 Å². The monoisotopic (exact) mass is 687 g/mol. The summed E-state index contributed by atoms with van der Waals surface area (Å²) in [5, 5.41) is 4.64. The summed E-state index contributed by atoms with van der Waals surface area (Å²) in [4.78, 5) is 52.2. The highest BCUT2D eigenvalue weighted by molar-refractivity contribution is 9.10. The number of halogens is 2. The molecule has 46 heavy (non-hydrogen) atoms. The van der Waals surface area contributed by atoms with Crippen LogP contribution < -0.4 is 29.7 Å². The second-order valence-electron chi connectivity index (χ2n) is 9.81. The summed E-state index contributed by atoms with van der Waals surface area (Å²) in [5.41, 5.74) is 1.31. The highest BCUT2D eigenvalue weighted by atomic mass is 79.9. The number of ether oxygens (including phenoxy) is 3. The van der Waals surface area contributed by atoms with Crippen molar-refractivity contribution in [2.24, 2.45) is 0 Å². The predicted octanol–water partition coefficient (Wildman–Crippen LogP) is 6.25. The second-order valence-corrected chi connectivity index (χ2v) is 10.7. The van der Waals surface area contributed by atoms with Gasteiger partial charge in [-0.1, -0.05) is 42.5 Å². The topological polar surface area (TPSA) is 123 Å². The number of benzene rings is 4. The first kappa shape index (κ1) is 31.9. The van der Waals surface area contributed by atoms with Crippen LogP contribution in [0.15, 0.2) is 101 Å². The number of hydrogen-bond donors (Lipinski definition) is 2. The molecule has 0 atom stereocenters. The number of para-hydroxylation sites is 1. The second kappa shape index (κ2) is 14.5. The van der Waals surface area contributed by atoms with E-state index in [-0.39, 0.29) is 35.1 Å². The lowest BCUT2D eigenvalue weighted by Gasteiger charge is -2.26. The Hall–Kier alpha value is -5.49. The minimum atomic E-state index is -0.890. The van der Waals surface area contributed by atoms with Gasteiger partial charge in [0.2, 0.25) is 0 Å². The molecule has 0 saturated carbocycles. The van der Waals surface area contributed by atoms with Crippen molar-refractivity contribution >= 4 is 57.1 Å². The Bertz CT molecular complexity index is 1810. The summed E-state index contributed by atoms with van der Waals surface area (Å²) in [6.07, 6.45) is 1.32. The van der Waals surface area contributed by atoms with Crippen LogP contribution in [0.5, 0.6) is 17.2 Å². The van der Waals surface area contributed by atoms with E-state index < -0.39 is 36.2 Å². The van der Waals surface area contributed by atoms with Crippen LogP contribution in [0, 0.1) is 5.82 Å². The molecule has 12 heteroatoms. The van der Waals surface area contributed by atoms with Gasteiger partial charge < -0.3 is 19.5 Å². The highest BCUT2D eigenvalue weighted by Gasteiger charge is 2.37. The quantitative estimate of drug-likeness (QED) is 0.141. The number of carbonyl (C=O) groups is 4.